The normalized spacial score (nSPS) is 11.3. The SMILES string of the molecule is COc1ccc(C(=O)OC(C)C)cc1NS(=O)(=O)c1cccs1. The maximum Gasteiger partial charge on any atom is 0.338 e. The van der Waals surface area contributed by atoms with Gasteiger partial charge in [-0.05, 0) is 43.5 Å². The van der Waals surface area contributed by atoms with Crippen molar-refractivity contribution in [2.45, 2.75) is 24.2 Å². The quantitative estimate of drug-likeness (QED) is 0.805. The summed E-state index contributed by atoms with van der Waals surface area (Å²) in [6.45, 7) is 3.48. The lowest BCUT2D eigenvalue weighted by Crippen LogP contribution is -2.15. The van der Waals surface area contributed by atoms with Crippen molar-refractivity contribution in [2.75, 3.05) is 11.8 Å². The number of carbonyl (C=O) groups is 1. The standard InChI is InChI=1S/C15H17NO5S2/c1-10(2)21-15(17)11-6-7-13(20-3)12(9-11)16-23(18,19)14-5-4-8-22-14/h4-10,16H,1-3H3. The molecule has 0 fully saturated rings. The Morgan fingerprint density at radius 2 is 2.00 bits per heavy atom. The van der Waals surface area contributed by atoms with Crippen LogP contribution in [0.3, 0.4) is 0 Å². The van der Waals surface area contributed by atoms with Crippen LogP contribution in [0.5, 0.6) is 5.75 Å². The van der Waals surface area contributed by atoms with E-state index < -0.39 is 16.0 Å². The molecule has 0 amide bonds. The number of anilines is 1. The third kappa shape index (κ3) is 4.23. The summed E-state index contributed by atoms with van der Waals surface area (Å²) in [5.74, 6) is -0.217. The fraction of sp³-hybridized carbons (Fsp3) is 0.267. The number of carbonyl (C=O) groups excluding carboxylic acids is 1. The maximum atomic E-state index is 12.3. The molecule has 1 aromatic heterocycles. The van der Waals surface area contributed by atoms with E-state index in [0.29, 0.717) is 5.75 Å². The summed E-state index contributed by atoms with van der Waals surface area (Å²) in [6.07, 6.45) is -0.268. The Balaban J connectivity index is 2.35. The first-order valence-corrected chi connectivity index (χ1v) is 9.15. The van der Waals surface area contributed by atoms with E-state index in [9.17, 15) is 13.2 Å². The van der Waals surface area contributed by atoms with Crippen LogP contribution in [0.2, 0.25) is 0 Å². The van der Waals surface area contributed by atoms with Crippen LogP contribution in [0.1, 0.15) is 24.2 Å². The summed E-state index contributed by atoms with van der Waals surface area (Å²) in [4.78, 5) is 12.0. The van der Waals surface area contributed by atoms with Gasteiger partial charge in [-0.25, -0.2) is 13.2 Å². The van der Waals surface area contributed by atoms with Crippen molar-refractivity contribution in [3.63, 3.8) is 0 Å². The zero-order chi connectivity index (χ0) is 17.0. The van der Waals surface area contributed by atoms with Crippen LogP contribution in [0.15, 0.2) is 39.9 Å². The molecule has 0 radical (unpaired) electrons. The molecule has 0 aliphatic heterocycles. The molecule has 1 N–H and O–H groups in total. The number of sulfonamides is 1. The number of rotatable bonds is 6. The topological polar surface area (TPSA) is 81.7 Å². The van der Waals surface area contributed by atoms with Gasteiger partial charge in [0.25, 0.3) is 10.0 Å². The number of hydrogen-bond acceptors (Lipinski definition) is 6. The molecule has 1 heterocycles. The van der Waals surface area contributed by atoms with E-state index in [0.717, 1.165) is 11.3 Å². The second kappa shape index (κ2) is 7.01. The average Bonchev–Trinajstić information content (AvgIpc) is 3.01. The number of thiophene rings is 1. The molecule has 0 spiro atoms. The summed E-state index contributed by atoms with van der Waals surface area (Å²) >= 11 is 1.10. The van der Waals surface area contributed by atoms with Crippen LogP contribution in [0, 0.1) is 0 Å². The lowest BCUT2D eigenvalue weighted by molar-refractivity contribution is 0.0378. The van der Waals surface area contributed by atoms with Gasteiger partial charge in [0.1, 0.15) is 9.96 Å². The highest BCUT2D eigenvalue weighted by molar-refractivity contribution is 7.94. The lowest BCUT2D eigenvalue weighted by atomic mass is 10.2. The van der Waals surface area contributed by atoms with Gasteiger partial charge in [0.05, 0.1) is 24.5 Å². The van der Waals surface area contributed by atoms with Gasteiger partial charge in [0, 0.05) is 0 Å². The van der Waals surface area contributed by atoms with E-state index in [4.69, 9.17) is 9.47 Å². The summed E-state index contributed by atoms with van der Waals surface area (Å²) in [5, 5.41) is 1.67. The molecule has 2 aromatic rings. The largest absolute Gasteiger partial charge is 0.495 e. The third-order valence-corrected chi connectivity index (χ3v) is 5.55. The molecular weight excluding hydrogens is 338 g/mol. The zero-order valence-corrected chi connectivity index (χ0v) is 14.5. The molecule has 0 saturated heterocycles. The molecule has 0 atom stereocenters. The van der Waals surface area contributed by atoms with E-state index in [1.807, 2.05) is 0 Å². The molecular formula is C15H17NO5S2. The minimum Gasteiger partial charge on any atom is -0.495 e. The Morgan fingerprint density at radius 1 is 1.26 bits per heavy atom. The highest BCUT2D eigenvalue weighted by Crippen LogP contribution is 2.29. The summed E-state index contributed by atoms with van der Waals surface area (Å²) < 4.78 is 37.5. The first kappa shape index (κ1) is 17.3. The molecule has 1 aromatic carbocycles. The zero-order valence-electron chi connectivity index (χ0n) is 12.9. The predicted octanol–water partition coefficient (Wildman–Crippen LogP) is 3.12. The Bertz CT molecular complexity index is 782. The molecule has 0 unspecified atom stereocenters. The van der Waals surface area contributed by atoms with E-state index in [1.165, 1.54) is 31.4 Å². The van der Waals surface area contributed by atoms with Gasteiger partial charge in [-0.15, -0.1) is 11.3 Å². The summed E-state index contributed by atoms with van der Waals surface area (Å²) in [6, 6.07) is 7.58. The molecule has 0 bridgehead atoms. The van der Waals surface area contributed by atoms with E-state index in [2.05, 4.69) is 4.72 Å². The summed E-state index contributed by atoms with van der Waals surface area (Å²) in [5.41, 5.74) is 0.419. The molecule has 0 aliphatic rings. The van der Waals surface area contributed by atoms with E-state index in [-0.39, 0.29) is 21.6 Å². The van der Waals surface area contributed by atoms with Crippen LogP contribution in [-0.4, -0.2) is 27.6 Å². The molecule has 23 heavy (non-hydrogen) atoms. The highest BCUT2D eigenvalue weighted by Gasteiger charge is 2.19. The van der Waals surface area contributed by atoms with Crippen LogP contribution in [0.4, 0.5) is 5.69 Å². The lowest BCUT2D eigenvalue weighted by Gasteiger charge is -2.13. The van der Waals surface area contributed by atoms with Gasteiger partial charge in [-0.1, -0.05) is 6.07 Å². The summed E-state index contributed by atoms with van der Waals surface area (Å²) in [7, 11) is -2.31. The van der Waals surface area contributed by atoms with Crippen LogP contribution >= 0.6 is 11.3 Å². The number of benzene rings is 1. The van der Waals surface area contributed by atoms with Crippen molar-refractivity contribution in [3.05, 3.63) is 41.3 Å². The number of ether oxygens (including phenoxy) is 2. The van der Waals surface area contributed by atoms with Gasteiger partial charge >= 0.3 is 5.97 Å². The Kier molecular flexibility index (Phi) is 5.27. The van der Waals surface area contributed by atoms with Crippen molar-refractivity contribution in [2.24, 2.45) is 0 Å². The highest BCUT2D eigenvalue weighted by atomic mass is 32.2. The number of esters is 1. The molecule has 6 nitrogen and oxygen atoms in total. The number of nitrogens with one attached hydrogen (secondary N) is 1. The first-order valence-electron chi connectivity index (χ1n) is 6.79. The predicted molar refractivity (Wildman–Crippen MR) is 88.7 cm³/mol. The van der Waals surface area contributed by atoms with Crippen LogP contribution in [0.25, 0.3) is 0 Å². The Labute approximate surface area is 139 Å². The van der Waals surface area contributed by atoms with E-state index >= 15 is 0 Å². The fourth-order valence-corrected chi connectivity index (χ4v) is 3.86. The molecule has 2 rings (SSSR count). The van der Waals surface area contributed by atoms with Crippen molar-refractivity contribution in [3.8, 4) is 5.75 Å². The minimum absolute atomic E-state index is 0.176. The molecule has 0 saturated carbocycles. The third-order valence-electron chi connectivity index (χ3n) is 2.78. The fourth-order valence-electron chi connectivity index (χ4n) is 1.81. The van der Waals surface area contributed by atoms with Crippen LogP contribution in [-0.2, 0) is 14.8 Å². The first-order chi connectivity index (χ1) is 10.8. The van der Waals surface area contributed by atoms with E-state index in [1.54, 1.807) is 25.3 Å². The number of hydrogen-bond donors (Lipinski definition) is 1. The van der Waals surface area contributed by atoms with Gasteiger partial charge in [0.2, 0.25) is 0 Å². The van der Waals surface area contributed by atoms with Gasteiger partial charge < -0.3 is 9.47 Å². The van der Waals surface area contributed by atoms with Gasteiger partial charge in [-0.3, -0.25) is 4.72 Å². The maximum absolute atomic E-state index is 12.3. The van der Waals surface area contributed by atoms with Crippen molar-refractivity contribution < 1.29 is 22.7 Å². The van der Waals surface area contributed by atoms with Gasteiger partial charge in [-0.2, -0.15) is 0 Å². The average molecular weight is 355 g/mol. The minimum atomic E-state index is -3.73. The van der Waals surface area contributed by atoms with Gasteiger partial charge in [0.15, 0.2) is 0 Å². The molecule has 8 heteroatoms. The molecule has 124 valence electrons. The second-order valence-electron chi connectivity index (χ2n) is 4.91. The molecule has 0 aliphatic carbocycles. The Hall–Kier alpha value is -2.06. The monoisotopic (exact) mass is 355 g/mol. The smallest absolute Gasteiger partial charge is 0.338 e. The number of methoxy groups -OCH3 is 1. The Morgan fingerprint density at radius 3 is 2.57 bits per heavy atom. The van der Waals surface area contributed by atoms with Crippen molar-refractivity contribution in [1.29, 1.82) is 0 Å². The van der Waals surface area contributed by atoms with Crippen LogP contribution < -0.4 is 9.46 Å². The van der Waals surface area contributed by atoms with Crippen molar-refractivity contribution in [1.82, 2.24) is 0 Å². The van der Waals surface area contributed by atoms with Crippen molar-refractivity contribution >= 4 is 33.0 Å². The second-order valence-corrected chi connectivity index (χ2v) is 7.76.